The largest absolute Gasteiger partial charge is 0.457 e. The van der Waals surface area contributed by atoms with Gasteiger partial charge in [-0.3, -0.25) is 0 Å². The molecule has 0 spiro atoms. The Morgan fingerprint density at radius 3 is 2.43 bits per heavy atom. The summed E-state index contributed by atoms with van der Waals surface area (Å²) in [6.45, 7) is 5.35. The SMILES string of the molecule is Cc1cc(C)c2[nH]c3c(c2c1)CCNC3c1ccc(Oc2ccccc2)cc1. The fourth-order valence-electron chi connectivity index (χ4n) is 4.32. The van der Waals surface area contributed by atoms with Gasteiger partial charge in [-0.15, -0.1) is 0 Å². The van der Waals surface area contributed by atoms with E-state index in [2.05, 4.69) is 60.5 Å². The quantitative estimate of drug-likeness (QED) is 0.479. The summed E-state index contributed by atoms with van der Waals surface area (Å²) >= 11 is 0. The molecule has 0 fully saturated rings. The van der Waals surface area contributed by atoms with E-state index in [4.69, 9.17) is 4.74 Å². The number of aromatic amines is 1. The van der Waals surface area contributed by atoms with Crippen LogP contribution in [0, 0.1) is 13.8 Å². The average Bonchev–Trinajstić information content (AvgIpc) is 3.09. The second-order valence-electron chi connectivity index (χ2n) is 7.64. The molecule has 28 heavy (non-hydrogen) atoms. The molecule has 3 heteroatoms. The van der Waals surface area contributed by atoms with E-state index in [-0.39, 0.29) is 6.04 Å². The Morgan fingerprint density at radius 2 is 1.64 bits per heavy atom. The molecule has 1 aliphatic rings. The van der Waals surface area contributed by atoms with E-state index in [0.717, 1.165) is 24.5 Å². The molecule has 2 heterocycles. The van der Waals surface area contributed by atoms with Gasteiger partial charge in [0.05, 0.1) is 6.04 Å². The number of fused-ring (bicyclic) bond motifs is 3. The lowest BCUT2D eigenvalue weighted by Crippen LogP contribution is -2.30. The minimum atomic E-state index is 0.182. The number of aryl methyl sites for hydroxylation is 2. The van der Waals surface area contributed by atoms with Gasteiger partial charge in [-0.25, -0.2) is 0 Å². The van der Waals surface area contributed by atoms with Crippen molar-refractivity contribution in [1.82, 2.24) is 10.3 Å². The van der Waals surface area contributed by atoms with Crippen molar-refractivity contribution in [1.29, 1.82) is 0 Å². The van der Waals surface area contributed by atoms with Gasteiger partial charge in [0, 0.05) is 23.1 Å². The van der Waals surface area contributed by atoms with E-state index >= 15 is 0 Å². The Morgan fingerprint density at radius 1 is 0.893 bits per heavy atom. The Labute approximate surface area is 165 Å². The van der Waals surface area contributed by atoms with E-state index < -0.39 is 0 Å². The van der Waals surface area contributed by atoms with Crippen LogP contribution in [-0.4, -0.2) is 11.5 Å². The number of hydrogen-bond acceptors (Lipinski definition) is 2. The smallest absolute Gasteiger partial charge is 0.127 e. The van der Waals surface area contributed by atoms with Crippen LogP contribution < -0.4 is 10.1 Å². The van der Waals surface area contributed by atoms with Crippen molar-refractivity contribution in [3.63, 3.8) is 0 Å². The normalized spacial score (nSPS) is 16.1. The van der Waals surface area contributed by atoms with Gasteiger partial charge in [0.15, 0.2) is 0 Å². The lowest BCUT2D eigenvalue weighted by Gasteiger charge is -2.25. The van der Waals surface area contributed by atoms with Crippen molar-refractivity contribution in [3.05, 3.63) is 94.7 Å². The summed E-state index contributed by atoms with van der Waals surface area (Å²) in [6, 6.07) is 23.1. The van der Waals surface area contributed by atoms with E-state index in [1.165, 1.54) is 38.9 Å². The van der Waals surface area contributed by atoms with Gasteiger partial charge in [-0.1, -0.05) is 42.0 Å². The average molecular weight is 368 g/mol. The Kier molecular flexibility index (Phi) is 4.18. The maximum Gasteiger partial charge on any atom is 0.127 e. The minimum absolute atomic E-state index is 0.182. The van der Waals surface area contributed by atoms with Crippen LogP contribution in [0.3, 0.4) is 0 Å². The molecule has 0 bridgehead atoms. The van der Waals surface area contributed by atoms with Crippen LogP contribution in [0.2, 0.25) is 0 Å². The molecule has 3 aromatic carbocycles. The highest BCUT2D eigenvalue weighted by molar-refractivity contribution is 5.88. The zero-order chi connectivity index (χ0) is 19.1. The van der Waals surface area contributed by atoms with Crippen molar-refractivity contribution in [2.75, 3.05) is 6.54 Å². The van der Waals surface area contributed by atoms with Crippen molar-refractivity contribution in [3.8, 4) is 11.5 Å². The molecule has 0 saturated heterocycles. The van der Waals surface area contributed by atoms with Crippen molar-refractivity contribution in [2.24, 2.45) is 0 Å². The fraction of sp³-hybridized carbons (Fsp3) is 0.200. The molecule has 5 rings (SSSR count). The topological polar surface area (TPSA) is 37.0 Å². The highest BCUT2D eigenvalue weighted by atomic mass is 16.5. The predicted octanol–water partition coefficient (Wildman–Crippen LogP) is 5.81. The molecule has 0 amide bonds. The Bertz CT molecular complexity index is 1130. The molecule has 4 aromatic rings. The molecule has 1 aromatic heterocycles. The monoisotopic (exact) mass is 368 g/mol. The molecule has 1 atom stereocenters. The van der Waals surface area contributed by atoms with Gasteiger partial charge in [-0.05, 0) is 67.3 Å². The molecule has 0 aliphatic carbocycles. The van der Waals surface area contributed by atoms with Crippen molar-refractivity contribution in [2.45, 2.75) is 26.3 Å². The first kappa shape index (κ1) is 17.1. The third-order valence-electron chi connectivity index (χ3n) is 5.59. The van der Waals surface area contributed by atoms with Gasteiger partial charge < -0.3 is 15.0 Å². The van der Waals surface area contributed by atoms with Crippen LogP contribution in [0.15, 0.2) is 66.7 Å². The zero-order valence-corrected chi connectivity index (χ0v) is 16.3. The van der Waals surface area contributed by atoms with E-state index in [9.17, 15) is 0 Å². The molecular formula is C25H24N2O. The number of hydrogen-bond donors (Lipinski definition) is 2. The number of ether oxygens (including phenoxy) is 1. The number of benzene rings is 3. The molecule has 1 unspecified atom stereocenters. The van der Waals surface area contributed by atoms with Crippen LogP contribution >= 0.6 is 0 Å². The summed E-state index contributed by atoms with van der Waals surface area (Å²) in [5, 5.41) is 5.06. The van der Waals surface area contributed by atoms with Gasteiger partial charge in [0.25, 0.3) is 0 Å². The molecular weight excluding hydrogens is 344 g/mol. The second-order valence-corrected chi connectivity index (χ2v) is 7.64. The predicted molar refractivity (Wildman–Crippen MR) is 114 cm³/mol. The minimum Gasteiger partial charge on any atom is -0.457 e. The lowest BCUT2D eigenvalue weighted by atomic mass is 9.93. The number of para-hydroxylation sites is 1. The summed E-state index contributed by atoms with van der Waals surface area (Å²) in [6.07, 6.45) is 1.06. The molecule has 1 aliphatic heterocycles. The number of rotatable bonds is 3. The number of H-pyrrole nitrogens is 1. The van der Waals surface area contributed by atoms with Gasteiger partial charge in [0.1, 0.15) is 11.5 Å². The number of nitrogens with one attached hydrogen (secondary N) is 2. The summed E-state index contributed by atoms with van der Waals surface area (Å²) in [7, 11) is 0. The van der Waals surface area contributed by atoms with E-state index in [1.54, 1.807) is 0 Å². The Balaban J connectivity index is 1.49. The van der Waals surface area contributed by atoms with Crippen LogP contribution in [0.25, 0.3) is 10.9 Å². The molecule has 2 N–H and O–H groups in total. The van der Waals surface area contributed by atoms with Gasteiger partial charge in [-0.2, -0.15) is 0 Å². The fourth-order valence-corrected chi connectivity index (χ4v) is 4.32. The first-order chi connectivity index (χ1) is 13.7. The van der Waals surface area contributed by atoms with E-state index in [0.29, 0.717) is 0 Å². The van der Waals surface area contributed by atoms with Crippen LogP contribution in [0.5, 0.6) is 11.5 Å². The van der Waals surface area contributed by atoms with Crippen molar-refractivity contribution >= 4 is 10.9 Å². The summed E-state index contributed by atoms with van der Waals surface area (Å²) < 4.78 is 5.94. The molecule has 140 valence electrons. The van der Waals surface area contributed by atoms with E-state index in [1.807, 2.05) is 30.3 Å². The molecule has 0 saturated carbocycles. The highest BCUT2D eigenvalue weighted by Gasteiger charge is 2.25. The molecule has 0 radical (unpaired) electrons. The van der Waals surface area contributed by atoms with Crippen molar-refractivity contribution < 1.29 is 4.74 Å². The highest BCUT2D eigenvalue weighted by Crippen LogP contribution is 2.35. The lowest BCUT2D eigenvalue weighted by molar-refractivity contribution is 0.481. The first-order valence-electron chi connectivity index (χ1n) is 9.87. The number of aromatic nitrogens is 1. The summed E-state index contributed by atoms with van der Waals surface area (Å²) in [5.74, 6) is 1.71. The maximum atomic E-state index is 5.94. The van der Waals surface area contributed by atoms with Gasteiger partial charge in [0.2, 0.25) is 0 Å². The van der Waals surface area contributed by atoms with Crippen LogP contribution in [0.1, 0.15) is 34.0 Å². The summed E-state index contributed by atoms with van der Waals surface area (Å²) in [4.78, 5) is 3.72. The third kappa shape index (κ3) is 2.98. The van der Waals surface area contributed by atoms with Gasteiger partial charge >= 0.3 is 0 Å². The maximum absolute atomic E-state index is 5.94. The Hall–Kier alpha value is -3.04. The van der Waals surface area contributed by atoms with Crippen LogP contribution in [0.4, 0.5) is 0 Å². The van der Waals surface area contributed by atoms with Crippen LogP contribution in [-0.2, 0) is 6.42 Å². The standard InChI is InChI=1S/C25H24N2O/c1-16-14-17(2)23-22(15-16)21-12-13-26-24(25(21)27-23)18-8-10-20(11-9-18)28-19-6-4-3-5-7-19/h3-11,14-15,24,26-27H,12-13H2,1-2H3. The first-order valence-corrected chi connectivity index (χ1v) is 9.87. The zero-order valence-electron chi connectivity index (χ0n) is 16.3. The second kappa shape index (κ2) is 6.84. The third-order valence-corrected chi connectivity index (χ3v) is 5.59. The summed E-state index contributed by atoms with van der Waals surface area (Å²) in [5.41, 5.74) is 7.91. The molecule has 3 nitrogen and oxygen atoms in total.